The summed E-state index contributed by atoms with van der Waals surface area (Å²) in [5.41, 5.74) is 0. The summed E-state index contributed by atoms with van der Waals surface area (Å²) in [6.45, 7) is 4.02. The standard InChI is InChI=1S/C11H21NOS/c1-2-3-4-5-6-7-12-9-10(14)8-11(12)13/h10,14H,2-9H2,1H3. The molecule has 82 valence electrons. The van der Waals surface area contributed by atoms with E-state index in [1.54, 1.807) is 0 Å². The molecule has 0 saturated carbocycles. The van der Waals surface area contributed by atoms with E-state index in [4.69, 9.17) is 0 Å². The molecule has 0 spiro atoms. The molecule has 0 aromatic heterocycles. The highest BCUT2D eigenvalue weighted by Gasteiger charge is 2.26. The fourth-order valence-corrected chi connectivity index (χ4v) is 2.23. The van der Waals surface area contributed by atoms with E-state index in [1.165, 1.54) is 25.7 Å². The van der Waals surface area contributed by atoms with Crippen LogP contribution in [0.5, 0.6) is 0 Å². The molecule has 0 radical (unpaired) electrons. The minimum absolute atomic E-state index is 0.276. The van der Waals surface area contributed by atoms with Crippen LogP contribution in [0, 0.1) is 0 Å². The average Bonchev–Trinajstić information content (AvgIpc) is 2.45. The van der Waals surface area contributed by atoms with Gasteiger partial charge in [0, 0.05) is 24.8 Å². The van der Waals surface area contributed by atoms with Crippen molar-refractivity contribution in [3.8, 4) is 0 Å². The molecule has 1 fully saturated rings. The quantitative estimate of drug-likeness (QED) is 0.533. The molecule has 1 saturated heterocycles. The highest BCUT2D eigenvalue weighted by molar-refractivity contribution is 7.81. The Morgan fingerprint density at radius 1 is 1.36 bits per heavy atom. The van der Waals surface area contributed by atoms with Crippen molar-refractivity contribution in [1.29, 1.82) is 0 Å². The largest absolute Gasteiger partial charge is 0.342 e. The van der Waals surface area contributed by atoms with Crippen molar-refractivity contribution in [2.75, 3.05) is 13.1 Å². The molecule has 0 aromatic rings. The fraction of sp³-hybridized carbons (Fsp3) is 0.909. The Labute approximate surface area is 92.5 Å². The number of nitrogens with zero attached hydrogens (tertiary/aromatic N) is 1. The minimum atomic E-state index is 0.276. The Bertz CT molecular complexity index is 184. The monoisotopic (exact) mass is 215 g/mol. The zero-order chi connectivity index (χ0) is 10.4. The lowest BCUT2D eigenvalue weighted by Gasteiger charge is -2.15. The lowest BCUT2D eigenvalue weighted by Crippen LogP contribution is -2.26. The van der Waals surface area contributed by atoms with E-state index in [0.29, 0.717) is 12.3 Å². The third kappa shape index (κ3) is 3.91. The molecule has 1 heterocycles. The number of hydrogen-bond acceptors (Lipinski definition) is 2. The molecule has 14 heavy (non-hydrogen) atoms. The lowest BCUT2D eigenvalue weighted by molar-refractivity contribution is -0.127. The smallest absolute Gasteiger partial charge is 0.223 e. The highest BCUT2D eigenvalue weighted by Crippen LogP contribution is 2.16. The van der Waals surface area contributed by atoms with Crippen LogP contribution < -0.4 is 0 Å². The van der Waals surface area contributed by atoms with Crippen LogP contribution in [0.2, 0.25) is 0 Å². The van der Waals surface area contributed by atoms with Gasteiger partial charge in [-0.3, -0.25) is 4.79 Å². The van der Waals surface area contributed by atoms with Crippen LogP contribution in [0.25, 0.3) is 0 Å². The first kappa shape index (κ1) is 11.9. The van der Waals surface area contributed by atoms with E-state index >= 15 is 0 Å². The molecule has 1 rings (SSSR count). The molecule has 0 aliphatic carbocycles. The Morgan fingerprint density at radius 3 is 2.64 bits per heavy atom. The second kappa shape index (κ2) is 6.33. The number of amides is 1. The Kier molecular flexibility index (Phi) is 5.38. The normalized spacial score (nSPS) is 22.0. The predicted octanol–water partition coefficient (Wildman–Crippen LogP) is 2.49. The number of thiol groups is 1. The van der Waals surface area contributed by atoms with Gasteiger partial charge in [-0.1, -0.05) is 32.6 Å². The van der Waals surface area contributed by atoms with Crippen molar-refractivity contribution in [1.82, 2.24) is 4.90 Å². The SMILES string of the molecule is CCCCCCCN1CC(S)CC1=O. The van der Waals surface area contributed by atoms with Crippen LogP contribution >= 0.6 is 12.6 Å². The molecule has 2 nitrogen and oxygen atoms in total. The molecular weight excluding hydrogens is 194 g/mol. The number of carbonyl (C=O) groups excluding carboxylic acids is 1. The van der Waals surface area contributed by atoms with Gasteiger partial charge in [-0.15, -0.1) is 0 Å². The lowest BCUT2D eigenvalue weighted by atomic mass is 10.1. The van der Waals surface area contributed by atoms with E-state index in [9.17, 15) is 4.79 Å². The average molecular weight is 215 g/mol. The Balaban J connectivity index is 2.04. The topological polar surface area (TPSA) is 20.3 Å². The summed E-state index contributed by atoms with van der Waals surface area (Å²) in [5, 5.41) is 0.276. The van der Waals surface area contributed by atoms with Crippen LogP contribution in [0.3, 0.4) is 0 Å². The number of rotatable bonds is 6. The summed E-state index contributed by atoms with van der Waals surface area (Å²) >= 11 is 4.33. The Hall–Kier alpha value is -0.180. The van der Waals surface area contributed by atoms with E-state index in [-0.39, 0.29) is 5.25 Å². The van der Waals surface area contributed by atoms with Gasteiger partial charge in [-0.2, -0.15) is 12.6 Å². The molecule has 3 heteroatoms. The van der Waals surface area contributed by atoms with Gasteiger partial charge >= 0.3 is 0 Å². The van der Waals surface area contributed by atoms with Crippen LogP contribution in [0.15, 0.2) is 0 Å². The number of likely N-dealkylation sites (tertiary alicyclic amines) is 1. The van der Waals surface area contributed by atoms with Crippen molar-refractivity contribution < 1.29 is 4.79 Å². The summed E-state index contributed by atoms with van der Waals surface area (Å²) in [6.07, 6.45) is 6.96. The Morgan fingerprint density at radius 2 is 2.07 bits per heavy atom. The zero-order valence-electron chi connectivity index (χ0n) is 9.04. The first-order valence-electron chi connectivity index (χ1n) is 5.70. The predicted molar refractivity (Wildman–Crippen MR) is 62.7 cm³/mol. The zero-order valence-corrected chi connectivity index (χ0v) is 9.93. The second-order valence-electron chi connectivity index (χ2n) is 4.11. The van der Waals surface area contributed by atoms with Crippen molar-refractivity contribution in [2.45, 2.75) is 50.7 Å². The fourth-order valence-electron chi connectivity index (χ4n) is 1.87. The van der Waals surface area contributed by atoms with Gasteiger partial charge in [0.25, 0.3) is 0 Å². The van der Waals surface area contributed by atoms with Crippen molar-refractivity contribution in [2.24, 2.45) is 0 Å². The first-order chi connectivity index (χ1) is 6.74. The minimum Gasteiger partial charge on any atom is -0.342 e. The molecule has 0 bridgehead atoms. The number of hydrogen-bond donors (Lipinski definition) is 1. The summed E-state index contributed by atoms with van der Waals surface area (Å²) in [6, 6.07) is 0. The molecule has 1 aliphatic rings. The maximum atomic E-state index is 11.4. The molecule has 1 unspecified atom stereocenters. The number of unbranched alkanes of at least 4 members (excludes halogenated alkanes) is 4. The van der Waals surface area contributed by atoms with E-state index in [1.807, 2.05) is 4.90 Å². The first-order valence-corrected chi connectivity index (χ1v) is 6.21. The van der Waals surface area contributed by atoms with Gasteiger partial charge in [-0.05, 0) is 6.42 Å². The van der Waals surface area contributed by atoms with Gasteiger partial charge < -0.3 is 4.90 Å². The van der Waals surface area contributed by atoms with Gasteiger partial charge in [0.05, 0.1) is 0 Å². The molecule has 1 aliphatic heterocycles. The molecule has 1 amide bonds. The maximum Gasteiger partial charge on any atom is 0.223 e. The van der Waals surface area contributed by atoms with Gasteiger partial charge in [0.2, 0.25) is 5.91 Å². The highest BCUT2D eigenvalue weighted by atomic mass is 32.1. The summed E-state index contributed by atoms with van der Waals surface area (Å²) < 4.78 is 0. The van der Waals surface area contributed by atoms with Crippen molar-refractivity contribution >= 4 is 18.5 Å². The van der Waals surface area contributed by atoms with Gasteiger partial charge in [0.15, 0.2) is 0 Å². The van der Waals surface area contributed by atoms with Crippen molar-refractivity contribution in [3.05, 3.63) is 0 Å². The van der Waals surface area contributed by atoms with Crippen LogP contribution in [-0.4, -0.2) is 29.1 Å². The summed E-state index contributed by atoms with van der Waals surface area (Å²) in [7, 11) is 0. The number of carbonyl (C=O) groups is 1. The van der Waals surface area contributed by atoms with E-state index in [0.717, 1.165) is 19.5 Å². The summed E-state index contributed by atoms with van der Waals surface area (Å²) in [4.78, 5) is 13.3. The maximum absolute atomic E-state index is 11.4. The van der Waals surface area contributed by atoms with Crippen molar-refractivity contribution in [3.63, 3.8) is 0 Å². The third-order valence-electron chi connectivity index (χ3n) is 2.73. The van der Waals surface area contributed by atoms with Crippen LogP contribution in [0.4, 0.5) is 0 Å². The van der Waals surface area contributed by atoms with Crippen LogP contribution in [-0.2, 0) is 4.79 Å². The van der Waals surface area contributed by atoms with Crippen LogP contribution in [0.1, 0.15) is 45.4 Å². The molecular formula is C11H21NOS. The molecule has 0 aromatic carbocycles. The van der Waals surface area contributed by atoms with E-state index < -0.39 is 0 Å². The summed E-state index contributed by atoms with van der Waals surface area (Å²) in [5.74, 6) is 0.292. The molecule has 1 atom stereocenters. The van der Waals surface area contributed by atoms with Gasteiger partial charge in [0.1, 0.15) is 0 Å². The van der Waals surface area contributed by atoms with Gasteiger partial charge in [-0.25, -0.2) is 0 Å². The third-order valence-corrected chi connectivity index (χ3v) is 3.07. The van der Waals surface area contributed by atoms with E-state index in [2.05, 4.69) is 19.6 Å². The molecule has 0 N–H and O–H groups in total. The second-order valence-corrected chi connectivity index (χ2v) is 4.84.